The Hall–Kier alpha value is -0.550. The van der Waals surface area contributed by atoms with Crippen LogP contribution in [0.1, 0.15) is 49.8 Å². The van der Waals surface area contributed by atoms with E-state index in [1.165, 1.54) is 35.2 Å². The minimum Gasteiger partial charge on any atom is -0.381 e. The number of hydrogen-bond donors (Lipinski definition) is 1. The van der Waals surface area contributed by atoms with Crippen molar-refractivity contribution in [1.82, 2.24) is 9.78 Å². The van der Waals surface area contributed by atoms with Crippen LogP contribution in [0.25, 0.3) is 0 Å². The Morgan fingerprint density at radius 1 is 1.21 bits per heavy atom. The number of nitrogens with zero attached hydrogens (tertiary/aromatic N) is 2. The first kappa shape index (κ1) is 12.2. The van der Waals surface area contributed by atoms with E-state index in [0.29, 0.717) is 12.0 Å². The molecule has 0 radical (unpaired) electrons. The van der Waals surface area contributed by atoms with Crippen LogP contribution in [-0.4, -0.2) is 29.5 Å². The van der Waals surface area contributed by atoms with Gasteiger partial charge in [-0.3, -0.25) is 0 Å². The van der Waals surface area contributed by atoms with Gasteiger partial charge in [0.15, 0.2) is 0 Å². The second kappa shape index (κ2) is 4.77. The van der Waals surface area contributed by atoms with E-state index in [-0.39, 0.29) is 0 Å². The Kier molecular flexibility index (Phi) is 3.07. The lowest BCUT2D eigenvalue weighted by Gasteiger charge is -2.28. The molecule has 4 rings (SSSR count). The summed E-state index contributed by atoms with van der Waals surface area (Å²) >= 11 is 3.78. The molecule has 1 saturated carbocycles. The first-order chi connectivity index (χ1) is 9.34. The smallest absolute Gasteiger partial charge is 0.139 e. The van der Waals surface area contributed by atoms with E-state index >= 15 is 0 Å². The molecule has 0 spiro atoms. The molecular formula is C14H20BrN3O. The number of rotatable bonds is 1. The summed E-state index contributed by atoms with van der Waals surface area (Å²) in [6.07, 6.45) is 6.19. The van der Waals surface area contributed by atoms with Crippen LogP contribution in [0.15, 0.2) is 4.47 Å². The van der Waals surface area contributed by atoms with E-state index in [9.17, 15) is 0 Å². The lowest BCUT2D eigenvalue weighted by molar-refractivity contribution is 0.0841. The third-order valence-corrected chi connectivity index (χ3v) is 5.73. The molecule has 1 saturated heterocycles. The number of hydrogen-bond acceptors (Lipinski definition) is 3. The fourth-order valence-corrected chi connectivity index (χ4v) is 4.59. The molecule has 1 aromatic heterocycles. The highest BCUT2D eigenvalue weighted by Crippen LogP contribution is 2.45. The zero-order chi connectivity index (χ0) is 12.8. The summed E-state index contributed by atoms with van der Waals surface area (Å²) in [5.41, 5.74) is 1.25. The molecule has 2 fully saturated rings. The van der Waals surface area contributed by atoms with Gasteiger partial charge in [-0.2, -0.15) is 5.10 Å². The molecule has 0 bridgehead atoms. The van der Waals surface area contributed by atoms with E-state index in [1.807, 2.05) is 0 Å². The van der Waals surface area contributed by atoms with Crippen LogP contribution < -0.4 is 5.32 Å². The fourth-order valence-electron chi connectivity index (χ4n) is 3.87. The Morgan fingerprint density at radius 2 is 2.05 bits per heavy atom. The van der Waals surface area contributed by atoms with Crippen molar-refractivity contribution in [2.75, 3.05) is 25.1 Å². The minimum absolute atomic E-state index is 0.558. The highest BCUT2D eigenvalue weighted by atomic mass is 79.9. The van der Waals surface area contributed by atoms with Gasteiger partial charge in [0.1, 0.15) is 5.82 Å². The van der Waals surface area contributed by atoms with Gasteiger partial charge in [0.2, 0.25) is 0 Å². The molecule has 4 nitrogen and oxygen atoms in total. The maximum atomic E-state index is 5.47. The Bertz CT molecular complexity index is 481. The van der Waals surface area contributed by atoms with Crippen molar-refractivity contribution in [2.45, 2.75) is 44.1 Å². The van der Waals surface area contributed by atoms with Crippen molar-refractivity contribution in [3.05, 3.63) is 10.2 Å². The van der Waals surface area contributed by atoms with Crippen molar-refractivity contribution in [2.24, 2.45) is 5.92 Å². The number of ether oxygens (including phenoxy) is 1. The largest absolute Gasteiger partial charge is 0.381 e. The molecular weight excluding hydrogens is 306 g/mol. The monoisotopic (exact) mass is 325 g/mol. The van der Waals surface area contributed by atoms with Crippen molar-refractivity contribution < 1.29 is 4.74 Å². The van der Waals surface area contributed by atoms with Crippen molar-refractivity contribution in [1.29, 1.82) is 0 Å². The summed E-state index contributed by atoms with van der Waals surface area (Å²) in [6, 6.07) is 0.626. The standard InChI is InChI=1S/C14H20BrN3O/c15-12-13(9-4-6-19-7-5-9)17-18-11-3-1-2-10(11)8-16-14(12)18/h9-11,16H,1-8H2. The summed E-state index contributed by atoms with van der Waals surface area (Å²) in [4.78, 5) is 0. The second-order valence-corrected chi connectivity index (χ2v) is 6.81. The van der Waals surface area contributed by atoms with Gasteiger partial charge in [-0.15, -0.1) is 0 Å². The molecule has 0 aromatic carbocycles. The number of halogens is 1. The normalized spacial score (nSPS) is 30.8. The second-order valence-electron chi connectivity index (χ2n) is 6.02. The zero-order valence-corrected chi connectivity index (χ0v) is 12.7. The van der Waals surface area contributed by atoms with Crippen molar-refractivity contribution in [3.63, 3.8) is 0 Å². The average molecular weight is 326 g/mol. The average Bonchev–Trinajstić information content (AvgIpc) is 3.04. The van der Waals surface area contributed by atoms with Crippen molar-refractivity contribution >= 4 is 21.7 Å². The zero-order valence-electron chi connectivity index (χ0n) is 11.1. The van der Waals surface area contributed by atoms with E-state index < -0.39 is 0 Å². The Morgan fingerprint density at radius 3 is 2.89 bits per heavy atom. The molecule has 2 aliphatic heterocycles. The maximum absolute atomic E-state index is 5.47. The van der Waals surface area contributed by atoms with E-state index in [0.717, 1.165) is 38.5 Å². The molecule has 3 aliphatic rings. The number of fused-ring (bicyclic) bond motifs is 3. The van der Waals surface area contributed by atoms with E-state index in [4.69, 9.17) is 9.84 Å². The SMILES string of the molecule is Brc1c(C2CCOCC2)nn2c1NCC1CCCC12. The molecule has 104 valence electrons. The minimum atomic E-state index is 0.558. The molecule has 5 heteroatoms. The summed E-state index contributed by atoms with van der Waals surface area (Å²) in [7, 11) is 0. The van der Waals surface area contributed by atoms with Gasteiger partial charge in [0, 0.05) is 25.7 Å². The molecule has 19 heavy (non-hydrogen) atoms. The lowest BCUT2D eigenvalue weighted by atomic mass is 9.97. The highest BCUT2D eigenvalue weighted by Gasteiger charge is 2.37. The Labute approximate surface area is 122 Å². The number of nitrogens with one attached hydrogen (secondary N) is 1. The summed E-state index contributed by atoms with van der Waals surface area (Å²) in [5, 5.41) is 8.55. The number of aromatic nitrogens is 2. The van der Waals surface area contributed by atoms with Gasteiger partial charge in [0.05, 0.1) is 16.2 Å². The molecule has 1 aliphatic carbocycles. The highest BCUT2D eigenvalue weighted by molar-refractivity contribution is 9.10. The quantitative estimate of drug-likeness (QED) is 0.861. The van der Waals surface area contributed by atoms with Crippen LogP contribution in [0.2, 0.25) is 0 Å². The van der Waals surface area contributed by atoms with Crippen LogP contribution in [0.3, 0.4) is 0 Å². The van der Waals surface area contributed by atoms with Crippen LogP contribution in [0, 0.1) is 5.92 Å². The van der Waals surface area contributed by atoms with Gasteiger partial charge in [-0.25, -0.2) is 4.68 Å². The van der Waals surface area contributed by atoms with Gasteiger partial charge >= 0.3 is 0 Å². The molecule has 2 unspecified atom stereocenters. The molecule has 1 N–H and O–H groups in total. The van der Waals surface area contributed by atoms with Gasteiger partial charge in [0.25, 0.3) is 0 Å². The molecule has 1 aromatic rings. The van der Waals surface area contributed by atoms with Gasteiger partial charge < -0.3 is 10.1 Å². The van der Waals surface area contributed by atoms with Gasteiger partial charge in [-0.1, -0.05) is 6.42 Å². The third kappa shape index (κ3) is 1.93. The summed E-state index contributed by atoms with van der Waals surface area (Å²) < 4.78 is 8.94. The maximum Gasteiger partial charge on any atom is 0.139 e. The topological polar surface area (TPSA) is 39.1 Å². The van der Waals surface area contributed by atoms with Crippen LogP contribution in [0.4, 0.5) is 5.82 Å². The first-order valence-electron chi connectivity index (χ1n) is 7.44. The molecule has 0 amide bonds. The molecule has 3 heterocycles. The van der Waals surface area contributed by atoms with Crippen LogP contribution in [0.5, 0.6) is 0 Å². The molecule has 2 atom stereocenters. The first-order valence-corrected chi connectivity index (χ1v) is 8.23. The Balaban J connectivity index is 1.70. The van der Waals surface area contributed by atoms with Gasteiger partial charge in [-0.05, 0) is 47.5 Å². The summed E-state index contributed by atoms with van der Waals surface area (Å²) in [5.74, 6) is 2.55. The van der Waals surface area contributed by atoms with E-state index in [2.05, 4.69) is 25.9 Å². The van der Waals surface area contributed by atoms with Crippen LogP contribution >= 0.6 is 15.9 Å². The van der Waals surface area contributed by atoms with E-state index in [1.54, 1.807) is 0 Å². The van der Waals surface area contributed by atoms with Crippen molar-refractivity contribution in [3.8, 4) is 0 Å². The number of anilines is 1. The van der Waals surface area contributed by atoms with Crippen LogP contribution in [-0.2, 0) is 4.74 Å². The lowest BCUT2D eigenvalue weighted by Crippen LogP contribution is -2.29. The summed E-state index contributed by atoms with van der Waals surface area (Å²) in [6.45, 7) is 2.86. The fraction of sp³-hybridized carbons (Fsp3) is 0.786. The predicted octanol–water partition coefficient (Wildman–Crippen LogP) is 3.31. The third-order valence-electron chi connectivity index (χ3n) is 4.95. The predicted molar refractivity (Wildman–Crippen MR) is 77.6 cm³/mol.